The molecule has 6 heteroatoms. The molecule has 66 valence electrons. The zero-order valence-corrected chi connectivity index (χ0v) is 7.55. The lowest BCUT2D eigenvalue weighted by molar-refractivity contribution is -0.118. The van der Waals surface area contributed by atoms with Gasteiger partial charge in [-0.15, -0.1) is 28.3 Å². The van der Waals surface area contributed by atoms with E-state index in [9.17, 15) is 4.79 Å². The second-order valence-corrected chi connectivity index (χ2v) is 2.80. The maximum atomic E-state index is 10.8. The van der Waals surface area contributed by atoms with Gasteiger partial charge in [-0.2, -0.15) is 5.11 Å². The summed E-state index contributed by atoms with van der Waals surface area (Å²) in [5.74, 6) is 0.132. The average Bonchev–Trinajstić information content (AvgIpc) is 2.08. The Hall–Kier alpha value is -0.610. The van der Waals surface area contributed by atoms with Crippen molar-refractivity contribution in [3.8, 4) is 0 Å². The molecule has 1 rings (SSSR count). The van der Waals surface area contributed by atoms with Gasteiger partial charge in [0.2, 0.25) is 0 Å². The molecule has 1 amide bonds. The molecule has 1 unspecified atom stereocenters. The van der Waals surface area contributed by atoms with E-state index in [1.54, 1.807) is 0 Å². The molecule has 0 N–H and O–H groups in total. The van der Waals surface area contributed by atoms with Gasteiger partial charge in [0.1, 0.15) is 12.4 Å². The zero-order valence-electron chi connectivity index (χ0n) is 6.04. The summed E-state index contributed by atoms with van der Waals surface area (Å²) in [4.78, 5) is 10.8. The Morgan fingerprint density at radius 1 is 1.67 bits per heavy atom. The minimum absolute atomic E-state index is 0.303. The molecule has 0 saturated carbocycles. The van der Waals surface area contributed by atoms with Gasteiger partial charge < -0.3 is 4.74 Å². The molecule has 1 atom stereocenters. The highest BCUT2D eigenvalue weighted by Crippen LogP contribution is 2.17. The molecule has 0 saturated heterocycles. The first-order chi connectivity index (χ1) is 5.75. The summed E-state index contributed by atoms with van der Waals surface area (Å²) in [6, 6.07) is 0. The number of carbonyl (C=O) groups excluding carboxylic acids is 1. The average molecular weight is 209 g/mol. The Kier molecular flexibility index (Phi) is 3.49. The molecule has 0 fully saturated rings. The van der Waals surface area contributed by atoms with Crippen LogP contribution in [-0.2, 0) is 9.53 Å². The van der Waals surface area contributed by atoms with Crippen LogP contribution in [0.3, 0.4) is 0 Å². The third kappa shape index (κ3) is 2.19. The molecule has 1 aliphatic heterocycles. The van der Waals surface area contributed by atoms with Crippen LogP contribution in [0.4, 0.5) is 0 Å². The minimum Gasteiger partial charge on any atom is -0.493 e. The predicted molar refractivity (Wildman–Crippen MR) is 44.3 cm³/mol. The van der Waals surface area contributed by atoms with Crippen molar-refractivity contribution < 1.29 is 9.53 Å². The number of hydrogen-bond donors (Lipinski definition) is 0. The minimum atomic E-state index is -0.856. The second kappa shape index (κ2) is 4.42. The summed E-state index contributed by atoms with van der Waals surface area (Å²) in [5, 5.41) is 5.78. The van der Waals surface area contributed by atoms with Crippen molar-refractivity contribution in [3.05, 3.63) is 12.0 Å². The molecule has 1 aliphatic rings. The van der Waals surface area contributed by atoms with E-state index in [1.165, 1.54) is 6.20 Å². The fourth-order valence-electron chi connectivity index (χ4n) is 0.647. The van der Waals surface area contributed by atoms with Crippen molar-refractivity contribution in [2.24, 2.45) is 10.2 Å². The van der Waals surface area contributed by atoms with Crippen LogP contribution in [0.25, 0.3) is 0 Å². The van der Waals surface area contributed by atoms with Gasteiger partial charge in [0.15, 0.2) is 5.38 Å². The number of azo groups is 1. The number of hydrogen-bond acceptors (Lipinski definition) is 3. The third-order valence-corrected chi connectivity index (χ3v) is 1.71. The number of carbonyl (C=O) groups is 1. The monoisotopic (exact) mass is 208 g/mol. The van der Waals surface area contributed by atoms with Crippen LogP contribution in [0, 0.1) is 0 Å². The van der Waals surface area contributed by atoms with Gasteiger partial charge in [-0.3, -0.25) is 4.79 Å². The second-order valence-electron chi connectivity index (χ2n) is 1.99. The number of rotatable bonds is 3. The normalized spacial score (nSPS) is 22.3. The van der Waals surface area contributed by atoms with Crippen molar-refractivity contribution in [1.29, 1.82) is 0 Å². The maximum Gasteiger partial charge on any atom is 0.290 e. The van der Waals surface area contributed by atoms with Gasteiger partial charge in [-0.05, 0) is 0 Å². The Morgan fingerprint density at radius 2 is 2.42 bits per heavy atom. The SMILES string of the molecule is O=C1N=NC=C(OCCCl)C1Cl. The van der Waals surface area contributed by atoms with Gasteiger partial charge in [-0.1, -0.05) is 0 Å². The first-order valence-electron chi connectivity index (χ1n) is 3.23. The molecule has 0 aromatic carbocycles. The Morgan fingerprint density at radius 3 is 3.08 bits per heavy atom. The van der Waals surface area contributed by atoms with Crippen molar-refractivity contribution in [3.63, 3.8) is 0 Å². The number of halogens is 2. The van der Waals surface area contributed by atoms with Crippen LogP contribution in [0.1, 0.15) is 0 Å². The number of nitrogens with zero attached hydrogens (tertiary/aromatic N) is 2. The van der Waals surface area contributed by atoms with Crippen LogP contribution in [0.5, 0.6) is 0 Å². The topological polar surface area (TPSA) is 51.0 Å². The summed E-state index contributed by atoms with van der Waals surface area (Å²) in [7, 11) is 0. The van der Waals surface area contributed by atoms with Crippen LogP contribution in [0.15, 0.2) is 22.2 Å². The smallest absolute Gasteiger partial charge is 0.290 e. The standard InChI is InChI=1S/C6H6Cl2N2O2/c7-1-2-12-4-3-9-10-6(11)5(4)8/h3,5H,1-2H2. The molecule has 4 nitrogen and oxygen atoms in total. The third-order valence-electron chi connectivity index (χ3n) is 1.15. The molecule has 12 heavy (non-hydrogen) atoms. The van der Waals surface area contributed by atoms with Crippen LogP contribution >= 0.6 is 23.2 Å². The van der Waals surface area contributed by atoms with Gasteiger partial charge in [0.05, 0.1) is 12.1 Å². The fraction of sp³-hybridized carbons (Fsp3) is 0.500. The van der Waals surface area contributed by atoms with E-state index in [0.717, 1.165) is 0 Å². The maximum absolute atomic E-state index is 10.8. The lowest BCUT2D eigenvalue weighted by Gasteiger charge is -2.12. The lowest BCUT2D eigenvalue weighted by atomic mass is 10.3. The van der Waals surface area contributed by atoms with Crippen LogP contribution in [-0.4, -0.2) is 23.8 Å². The van der Waals surface area contributed by atoms with Crippen molar-refractivity contribution in [2.45, 2.75) is 5.38 Å². The molecule has 0 aliphatic carbocycles. The molecular weight excluding hydrogens is 203 g/mol. The molecular formula is C6H6Cl2N2O2. The van der Waals surface area contributed by atoms with Crippen molar-refractivity contribution >= 4 is 29.1 Å². The molecule has 0 aromatic heterocycles. The van der Waals surface area contributed by atoms with Gasteiger partial charge in [0, 0.05) is 0 Å². The van der Waals surface area contributed by atoms with Crippen LogP contribution < -0.4 is 0 Å². The molecule has 0 bridgehead atoms. The van der Waals surface area contributed by atoms with Crippen molar-refractivity contribution in [2.75, 3.05) is 12.5 Å². The van der Waals surface area contributed by atoms with Gasteiger partial charge in [-0.25, -0.2) is 0 Å². The number of alkyl halides is 2. The summed E-state index contributed by atoms with van der Waals surface area (Å²) in [5.41, 5.74) is 0. The fourth-order valence-corrected chi connectivity index (χ4v) is 0.887. The predicted octanol–water partition coefficient (Wildman–Crippen LogP) is 1.68. The van der Waals surface area contributed by atoms with E-state index < -0.39 is 11.3 Å². The lowest BCUT2D eigenvalue weighted by Crippen LogP contribution is -2.19. The highest BCUT2D eigenvalue weighted by atomic mass is 35.5. The van der Waals surface area contributed by atoms with E-state index in [0.29, 0.717) is 18.2 Å². The van der Waals surface area contributed by atoms with Gasteiger partial charge in [0.25, 0.3) is 5.91 Å². The first kappa shape index (κ1) is 9.48. The number of ether oxygens (including phenoxy) is 1. The van der Waals surface area contributed by atoms with Gasteiger partial charge >= 0.3 is 0 Å². The van der Waals surface area contributed by atoms with Crippen LogP contribution in [0.2, 0.25) is 0 Å². The summed E-state index contributed by atoms with van der Waals surface area (Å²) in [6.07, 6.45) is 1.31. The largest absolute Gasteiger partial charge is 0.493 e. The first-order valence-corrected chi connectivity index (χ1v) is 4.20. The van der Waals surface area contributed by atoms with E-state index >= 15 is 0 Å². The Labute approximate surface area is 79.2 Å². The summed E-state index contributed by atoms with van der Waals surface area (Å²) >= 11 is 11.0. The number of amides is 1. The highest BCUT2D eigenvalue weighted by Gasteiger charge is 2.24. The highest BCUT2D eigenvalue weighted by molar-refractivity contribution is 6.32. The van der Waals surface area contributed by atoms with E-state index in [1.807, 2.05) is 0 Å². The van der Waals surface area contributed by atoms with E-state index in [2.05, 4.69) is 10.2 Å². The Balaban J connectivity index is 2.57. The molecule has 1 heterocycles. The molecule has 0 radical (unpaired) electrons. The zero-order chi connectivity index (χ0) is 8.97. The summed E-state index contributed by atoms with van der Waals surface area (Å²) in [6.45, 7) is 0.305. The quantitative estimate of drug-likeness (QED) is 0.664. The Bertz CT molecular complexity index is 240. The molecule has 0 aromatic rings. The molecule has 0 spiro atoms. The van der Waals surface area contributed by atoms with Crippen molar-refractivity contribution in [1.82, 2.24) is 0 Å². The van der Waals surface area contributed by atoms with E-state index in [4.69, 9.17) is 27.9 Å². The summed E-state index contributed by atoms with van der Waals surface area (Å²) < 4.78 is 5.04. The van der Waals surface area contributed by atoms with E-state index in [-0.39, 0.29) is 0 Å².